The molecule has 1 heterocycles. The van der Waals surface area contributed by atoms with E-state index in [9.17, 15) is 45.6 Å². The highest BCUT2D eigenvalue weighted by molar-refractivity contribution is 6.03. The lowest BCUT2D eigenvalue weighted by molar-refractivity contribution is -0.389. The number of benzene rings is 1. The minimum Gasteiger partial charge on any atom is -0.358 e. The van der Waals surface area contributed by atoms with E-state index in [0.29, 0.717) is 6.07 Å². The predicted octanol–water partition coefficient (Wildman–Crippen LogP) is 3.15. The van der Waals surface area contributed by atoms with E-state index in [-0.39, 0.29) is 0 Å². The van der Waals surface area contributed by atoms with E-state index < -0.39 is 63.0 Å². The Bertz CT molecular complexity index is 848. The summed E-state index contributed by atoms with van der Waals surface area (Å²) in [6.45, 7) is 0. The molecule has 0 atom stereocenters. The Morgan fingerprint density at radius 2 is 1.64 bits per heavy atom. The zero-order chi connectivity index (χ0) is 19.1. The van der Waals surface area contributed by atoms with E-state index in [1.165, 1.54) is 5.32 Å². The fourth-order valence-corrected chi connectivity index (χ4v) is 1.69. The van der Waals surface area contributed by atoms with Crippen LogP contribution in [0.3, 0.4) is 0 Å². The molecule has 134 valence electrons. The smallest absolute Gasteiger partial charge is 0.358 e. The largest absolute Gasteiger partial charge is 0.422 e. The van der Waals surface area contributed by atoms with Crippen molar-refractivity contribution in [1.29, 1.82) is 0 Å². The molecule has 0 radical (unpaired) electrons. The van der Waals surface area contributed by atoms with Crippen molar-refractivity contribution in [2.75, 3.05) is 5.32 Å². The molecule has 0 fully saturated rings. The van der Waals surface area contributed by atoms with Gasteiger partial charge in [-0.3, -0.25) is 4.79 Å². The third kappa shape index (κ3) is 3.22. The molecule has 7 nitrogen and oxygen atoms in total. The van der Waals surface area contributed by atoms with Crippen LogP contribution in [0.25, 0.3) is 0 Å². The first-order chi connectivity index (χ1) is 11.4. The van der Waals surface area contributed by atoms with E-state index in [4.69, 9.17) is 0 Å². The standard InChI is InChI=1S/C11H3F7N4O3/c12-5-4(11(16,17)18)6(13)8(15)9(7(5)14)19-10(23)2-1-3(21-20-2)22(24)25/h1H,(H,19,23)(H,20,21). The Morgan fingerprint density at radius 3 is 2.04 bits per heavy atom. The van der Waals surface area contributed by atoms with Crippen LogP contribution >= 0.6 is 0 Å². The number of nitrogens with one attached hydrogen (secondary N) is 2. The molecule has 0 aliphatic heterocycles. The zero-order valence-corrected chi connectivity index (χ0v) is 11.3. The molecule has 1 aromatic heterocycles. The average Bonchev–Trinajstić information content (AvgIpc) is 2.98. The quantitative estimate of drug-likeness (QED) is 0.374. The molecule has 0 unspecified atom stereocenters. The third-order valence-corrected chi connectivity index (χ3v) is 2.78. The molecule has 2 N–H and O–H groups in total. The molecule has 2 aromatic rings. The van der Waals surface area contributed by atoms with Gasteiger partial charge in [0.25, 0.3) is 5.91 Å². The highest BCUT2D eigenvalue weighted by Crippen LogP contribution is 2.38. The van der Waals surface area contributed by atoms with Crippen LogP contribution in [-0.4, -0.2) is 21.0 Å². The average molecular weight is 372 g/mol. The summed E-state index contributed by atoms with van der Waals surface area (Å²) in [6, 6.07) is 0.516. The summed E-state index contributed by atoms with van der Waals surface area (Å²) in [5.74, 6) is -12.9. The van der Waals surface area contributed by atoms with Gasteiger partial charge in [-0.05, 0) is 4.92 Å². The number of H-pyrrole nitrogens is 1. The summed E-state index contributed by atoms with van der Waals surface area (Å²) in [4.78, 5) is 21.0. The summed E-state index contributed by atoms with van der Waals surface area (Å²) in [5.41, 5.74) is -5.47. The van der Waals surface area contributed by atoms with Crippen molar-refractivity contribution in [2.24, 2.45) is 0 Å². The van der Waals surface area contributed by atoms with Gasteiger partial charge in [0, 0.05) is 0 Å². The van der Waals surface area contributed by atoms with Gasteiger partial charge in [-0.1, -0.05) is 5.10 Å². The number of hydrogen-bond acceptors (Lipinski definition) is 4. The lowest BCUT2D eigenvalue weighted by atomic mass is 10.1. The summed E-state index contributed by atoms with van der Waals surface area (Å²) in [5, 5.41) is 16.5. The fourth-order valence-electron chi connectivity index (χ4n) is 1.69. The van der Waals surface area contributed by atoms with Gasteiger partial charge in [-0.2, -0.15) is 13.2 Å². The van der Waals surface area contributed by atoms with Gasteiger partial charge < -0.3 is 15.4 Å². The van der Waals surface area contributed by atoms with Crippen LogP contribution in [0.5, 0.6) is 0 Å². The van der Waals surface area contributed by atoms with E-state index in [1.54, 1.807) is 5.10 Å². The highest BCUT2D eigenvalue weighted by atomic mass is 19.4. The van der Waals surface area contributed by atoms with Crippen LogP contribution in [0, 0.1) is 33.4 Å². The molecule has 0 saturated heterocycles. The summed E-state index contributed by atoms with van der Waals surface area (Å²) in [6.07, 6.45) is -5.73. The second-order valence-corrected chi connectivity index (χ2v) is 4.35. The first-order valence-corrected chi connectivity index (χ1v) is 5.89. The van der Waals surface area contributed by atoms with E-state index in [2.05, 4.69) is 5.10 Å². The van der Waals surface area contributed by atoms with Crippen LogP contribution in [-0.2, 0) is 6.18 Å². The van der Waals surface area contributed by atoms with Crippen molar-refractivity contribution in [1.82, 2.24) is 10.2 Å². The van der Waals surface area contributed by atoms with Gasteiger partial charge in [0.15, 0.2) is 29.0 Å². The minimum atomic E-state index is -5.73. The second kappa shape index (κ2) is 6.03. The molecule has 0 aliphatic carbocycles. The number of aromatic nitrogens is 2. The van der Waals surface area contributed by atoms with E-state index >= 15 is 0 Å². The van der Waals surface area contributed by atoms with Crippen molar-refractivity contribution >= 4 is 17.4 Å². The molecular weight excluding hydrogens is 369 g/mol. The highest BCUT2D eigenvalue weighted by Gasteiger charge is 2.42. The van der Waals surface area contributed by atoms with Crippen LogP contribution in [0.4, 0.5) is 42.2 Å². The number of halogens is 7. The number of aromatic amines is 1. The van der Waals surface area contributed by atoms with Gasteiger partial charge in [0.1, 0.15) is 11.3 Å². The third-order valence-electron chi connectivity index (χ3n) is 2.78. The SMILES string of the molecule is O=C(Nc1c(F)c(F)c(C(F)(F)F)c(F)c1F)c1cc([N+](=O)[O-])[nH]n1. The van der Waals surface area contributed by atoms with Gasteiger partial charge in [-0.25, -0.2) is 17.6 Å². The fraction of sp³-hybridized carbons (Fsp3) is 0.0909. The molecule has 0 saturated carbocycles. The maximum Gasteiger partial charge on any atom is 0.422 e. The Kier molecular flexibility index (Phi) is 4.38. The van der Waals surface area contributed by atoms with Crippen LogP contribution < -0.4 is 5.32 Å². The van der Waals surface area contributed by atoms with Crippen LogP contribution in [0.15, 0.2) is 6.07 Å². The number of nitrogens with zero attached hydrogens (tertiary/aromatic N) is 2. The number of alkyl halides is 3. The number of nitro groups is 1. The summed E-state index contributed by atoms with van der Waals surface area (Å²) >= 11 is 0. The number of carbonyl (C=O) groups is 1. The number of amides is 1. The first kappa shape index (κ1) is 18.2. The Labute approximate surface area is 131 Å². The second-order valence-electron chi connectivity index (χ2n) is 4.35. The predicted molar refractivity (Wildman–Crippen MR) is 64.5 cm³/mol. The Balaban J connectivity index is 2.46. The monoisotopic (exact) mass is 372 g/mol. The maximum absolute atomic E-state index is 13.6. The molecular formula is C11H3F7N4O3. The topological polar surface area (TPSA) is 101 Å². The molecule has 1 aromatic carbocycles. The van der Waals surface area contributed by atoms with Crippen molar-refractivity contribution in [3.05, 3.63) is 50.7 Å². The minimum absolute atomic E-state index is 0.516. The normalized spacial score (nSPS) is 11.5. The van der Waals surface area contributed by atoms with Crippen molar-refractivity contribution < 1.29 is 40.5 Å². The van der Waals surface area contributed by atoms with Gasteiger partial charge in [0.05, 0.1) is 6.07 Å². The lowest BCUT2D eigenvalue weighted by Gasteiger charge is -2.14. The lowest BCUT2D eigenvalue weighted by Crippen LogP contribution is -2.20. The number of anilines is 1. The zero-order valence-electron chi connectivity index (χ0n) is 11.3. The molecule has 1 amide bonds. The van der Waals surface area contributed by atoms with Crippen molar-refractivity contribution in [3.8, 4) is 0 Å². The first-order valence-electron chi connectivity index (χ1n) is 5.89. The van der Waals surface area contributed by atoms with Crippen molar-refractivity contribution in [2.45, 2.75) is 6.18 Å². The number of hydrogen-bond donors (Lipinski definition) is 2. The van der Waals surface area contributed by atoms with Crippen molar-refractivity contribution in [3.63, 3.8) is 0 Å². The number of carbonyl (C=O) groups excluding carboxylic acids is 1. The maximum atomic E-state index is 13.6. The summed E-state index contributed by atoms with van der Waals surface area (Å²) < 4.78 is 91.3. The molecule has 0 spiro atoms. The Morgan fingerprint density at radius 1 is 1.12 bits per heavy atom. The van der Waals surface area contributed by atoms with E-state index in [0.717, 1.165) is 0 Å². The molecule has 0 bridgehead atoms. The Hall–Kier alpha value is -3.19. The molecule has 2 rings (SSSR count). The molecule has 25 heavy (non-hydrogen) atoms. The van der Waals surface area contributed by atoms with Gasteiger partial charge in [-0.15, -0.1) is 5.10 Å². The van der Waals surface area contributed by atoms with Gasteiger partial charge in [0.2, 0.25) is 0 Å². The van der Waals surface area contributed by atoms with Gasteiger partial charge >= 0.3 is 12.0 Å². The molecule has 0 aliphatic rings. The van der Waals surface area contributed by atoms with Crippen LogP contribution in [0.1, 0.15) is 16.1 Å². The summed E-state index contributed by atoms with van der Waals surface area (Å²) in [7, 11) is 0. The molecule has 14 heteroatoms. The van der Waals surface area contributed by atoms with Crippen LogP contribution in [0.2, 0.25) is 0 Å². The number of rotatable bonds is 3. The van der Waals surface area contributed by atoms with E-state index in [1.807, 2.05) is 0 Å².